The van der Waals surface area contributed by atoms with Crippen molar-refractivity contribution < 1.29 is 19.1 Å². The molecule has 0 bridgehead atoms. The van der Waals surface area contributed by atoms with Crippen molar-refractivity contribution in [3.05, 3.63) is 89.5 Å². The number of aryl methyl sites for hydroxylation is 1. The monoisotopic (exact) mass is 473 g/mol. The predicted octanol–water partition coefficient (Wildman–Crippen LogP) is 5.49. The predicted molar refractivity (Wildman–Crippen MR) is 137 cm³/mol. The van der Waals surface area contributed by atoms with Gasteiger partial charge in [-0.3, -0.25) is 0 Å². The molecule has 0 fully saturated rings. The van der Waals surface area contributed by atoms with Gasteiger partial charge in [0.25, 0.3) is 0 Å². The van der Waals surface area contributed by atoms with E-state index in [-0.39, 0.29) is 12.1 Å². The Kier molecular flexibility index (Phi) is 7.88. The maximum absolute atomic E-state index is 13.4. The molecule has 1 aliphatic heterocycles. The van der Waals surface area contributed by atoms with Gasteiger partial charge in [-0.15, -0.1) is 0 Å². The standard InChI is InChI=1S/C28H31N3O4/c1-4-20-9-7-11-22(15-20)29-28(32)31(18-21-10-8-12-23(16-21)33-2)19-24-17-26(30-35-24)25-13-5-6-14-27(25)34-3/h5-16,24H,4,17-19H2,1-3H3,(H,29,32). The highest BCUT2D eigenvalue weighted by atomic mass is 16.6. The van der Waals surface area contributed by atoms with E-state index in [2.05, 4.69) is 17.4 Å². The van der Waals surface area contributed by atoms with E-state index >= 15 is 0 Å². The molecule has 3 aromatic rings. The van der Waals surface area contributed by atoms with E-state index in [4.69, 9.17) is 14.3 Å². The van der Waals surface area contributed by atoms with Crippen LogP contribution in [0, 0.1) is 0 Å². The summed E-state index contributed by atoms with van der Waals surface area (Å²) in [7, 11) is 3.27. The molecule has 1 atom stereocenters. The average molecular weight is 474 g/mol. The number of urea groups is 1. The van der Waals surface area contributed by atoms with Gasteiger partial charge in [-0.05, 0) is 53.9 Å². The minimum atomic E-state index is -0.270. The molecular weight excluding hydrogens is 442 g/mol. The fourth-order valence-electron chi connectivity index (χ4n) is 4.10. The molecule has 0 aliphatic carbocycles. The third-order valence-corrected chi connectivity index (χ3v) is 5.96. The van der Waals surface area contributed by atoms with Gasteiger partial charge >= 0.3 is 6.03 Å². The molecule has 182 valence electrons. The number of benzene rings is 3. The summed E-state index contributed by atoms with van der Waals surface area (Å²) < 4.78 is 10.8. The van der Waals surface area contributed by atoms with Crippen LogP contribution in [0.15, 0.2) is 78.0 Å². The minimum absolute atomic E-state index is 0.199. The van der Waals surface area contributed by atoms with Gasteiger partial charge in [0.1, 0.15) is 11.5 Å². The summed E-state index contributed by atoms with van der Waals surface area (Å²) in [5.74, 6) is 1.50. The van der Waals surface area contributed by atoms with Gasteiger partial charge in [-0.25, -0.2) is 4.79 Å². The lowest BCUT2D eigenvalue weighted by Crippen LogP contribution is -2.40. The van der Waals surface area contributed by atoms with Crippen LogP contribution in [0.3, 0.4) is 0 Å². The Bertz CT molecular complexity index is 1190. The minimum Gasteiger partial charge on any atom is -0.497 e. The Hall–Kier alpha value is -4.00. The van der Waals surface area contributed by atoms with Crippen LogP contribution < -0.4 is 14.8 Å². The summed E-state index contributed by atoms with van der Waals surface area (Å²) >= 11 is 0. The number of anilines is 1. The summed E-state index contributed by atoms with van der Waals surface area (Å²) in [6.07, 6.45) is 1.21. The van der Waals surface area contributed by atoms with Crippen molar-refractivity contribution in [1.29, 1.82) is 0 Å². The molecule has 0 aromatic heterocycles. The van der Waals surface area contributed by atoms with Crippen molar-refractivity contribution in [2.24, 2.45) is 5.16 Å². The summed E-state index contributed by atoms with van der Waals surface area (Å²) in [6, 6.07) is 23.1. The lowest BCUT2D eigenvalue weighted by Gasteiger charge is -2.25. The zero-order valence-electron chi connectivity index (χ0n) is 20.4. The quantitative estimate of drug-likeness (QED) is 0.446. The topological polar surface area (TPSA) is 72.4 Å². The third kappa shape index (κ3) is 6.12. The van der Waals surface area contributed by atoms with Crippen LogP contribution in [0.4, 0.5) is 10.5 Å². The van der Waals surface area contributed by atoms with E-state index in [0.717, 1.165) is 46.0 Å². The van der Waals surface area contributed by atoms with Crippen LogP contribution in [0.1, 0.15) is 30.0 Å². The number of methoxy groups -OCH3 is 2. The van der Waals surface area contributed by atoms with E-state index < -0.39 is 0 Å². The SMILES string of the molecule is CCc1cccc(NC(=O)N(Cc2cccc(OC)c2)CC2CC(c3ccccc3OC)=NO2)c1. The number of hydrogen-bond donors (Lipinski definition) is 1. The number of hydrogen-bond acceptors (Lipinski definition) is 5. The highest BCUT2D eigenvalue weighted by molar-refractivity contribution is 6.03. The number of rotatable bonds is 9. The molecule has 0 radical (unpaired) electrons. The van der Waals surface area contributed by atoms with Gasteiger partial charge in [0.05, 0.1) is 26.5 Å². The average Bonchev–Trinajstić information content (AvgIpc) is 3.36. The maximum Gasteiger partial charge on any atom is 0.322 e. The van der Waals surface area contributed by atoms with Crippen molar-refractivity contribution in [3.8, 4) is 11.5 Å². The fourth-order valence-corrected chi connectivity index (χ4v) is 4.10. The van der Waals surface area contributed by atoms with Crippen LogP contribution in [0.5, 0.6) is 11.5 Å². The second-order valence-electron chi connectivity index (χ2n) is 8.39. The van der Waals surface area contributed by atoms with E-state index in [1.165, 1.54) is 0 Å². The molecule has 4 rings (SSSR count). The first-order chi connectivity index (χ1) is 17.1. The number of amides is 2. The molecule has 0 saturated carbocycles. The summed E-state index contributed by atoms with van der Waals surface area (Å²) in [5, 5.41) is 7.35. The first kappa shape index (κ1) is 24.1. The molecule has 1 aliphatic rings. The Morgan fingerprint density at radius 2 is 1.83 bits per heavy atom. The number of oxime groups is 1. The zero-order chi connectivity index (χ0) is 24.6. The summed E-state index contributed by atoms with van der Waals surface area (Å²) in [5.41, 5.74) is 4.60. The van der Waals surface area contributed by atoms with E-state index in [9.17, 15) is 4.79 Å². The van der Waals surface area contributed by atoms with E-state index in [1.807, 2.05) is 72.8 Å². The molecule has 1 unspecified atom stereocenters. The van der Waals surface area contributed by atoms with E-state index in [0.29, 0.717) is 19.5 Å². The summed E-state index contributed by atoms with van der Waals surface area (Å²) in [6.45, 7) is 2.87. The zero-order valence-corrected chi connectivity index (χ0v) is 20.4. The Morgan fingerprint density at radius 3 is 2.63 bits per heavy atom. The molecule has 7 nitrogen and oxygen atoms in total. The van der Waals surface area contributed by atoms with E-state index in [1.54, 1.807) is 19.1 Å². The molecule has 1 N–H and O–H groups in total. The molecule has 3 aromatic carbocycles. The number of carbonyl (C=O) groups is 1. The Morgan fingerprint density at radius 1 is 1.03 bits per heavy atom. The van der Waals surface area contributed by atoms with Crippen molar-refractivity contribution in [1.82, 2.24) is 4.90 Å². The molecule has 0 spiro atoms. The van der Waals surface area contributed by atoms with Gasteiger partial charge in [0, 0.05) is 24.2 Å². The Labute approximate surface area is 206 Å². The highest BCUT2D eigenvalue weighted by Gasteiger charge is 2.28. The highest BCUT2D eigenvalue weighted by Crippen LogP contribution is 2.25. The second kappa shape index (κ2) is 11.4. The van der Waals surface area contributed by atoms with Gasteiger partial charge in [-0.2, -0.15) is 0 Å². The third-order valence-electron chi connectivity index (χ3n) is 5.96. The second-order valence-corrected chi connectivity index (χ2v) is 8.39. The van der Waals surface area contributed by atoms with Crippen LogP contribution >= 0.6 is 0 Å². The Balaban J connectivity index is 1.50. The molecule has 7 heteroatoms. The van der Waals surface area contributed by atoms with Crippen LogP contribution in [-0.2, 0) is 17.8 Å². The number of para-hydroxylation sites is 1. The number of carbonyl (C=O) groups excluding carboxylic acids is 1. The van der Waals surface area contributed by atoms with Crippen molar-refractivity contribution in [2.45, 2.75) is 32.4 Å². The van der Waals surface area contributed by atoms with Crippen LogP contribution in [-0.4, -0.2) is 43.5 Å². The first-order valence-electron chi connectivity index (χ1n) is 11.7. The van der Waals surface area contributed by atoms with Crippen LogP contribution in [0.25, 0.3) is 0 Å². The first-order valence-corrected chi connectivity index (χ1v) is 11.7. The lowest BCUT2D eigenvalue weighted by molar-refractivity contribution is 0.0608. The molecule has 2 amide bonds. The molecule has 35 heavy (non-hydrogen) atoms. The summed E-state index contributed by atoms with van der Waals surface area (Å²) in [4.78, 5) is 20.9. The fraction of sp³-hybridized carbons (Fsp3) is 0.286. The largest absolute Gasteiger partial charge is 0.497 e. The normalized spacial score (nSPS) is 14.6. The lowest BCUT2D eigenvalue weighted by atomic mass is 10.0. The smallest absolute Gasteiger partial charge is 0.322 e. The maximum atomic E-state index is 13.4. The molecule has 1 heterocycles. The molecular formula is C28H31N3O4. The number of nitrogens with one attached hydrogen (secondary N) is 1. The van der Waals surface area contributed by atoms with Gasteiger partial charge in [0.2, 0.25) is 0 Å². The van der Waals surface area contributed by atoms with Crippen molar-refractivity contribution >= 4 is 17.4 Å². The number of ether oxygens (including phenoxy) is 2. The van der Waals surface area contributed by atoms with Gasteiger partial charge in [0.15, 0.2) is 6.10 Å². The van der Waals surface area contributed by atoms with Crippen LogP contribution in [0.2, 0.25) is 0 Å². The van der Waals surface area contributed by atoms with Gasteiger partial charge < -0.3 is 24.5 Å². The number of nitrogens with zero attached hydrogens (tertiary/aromatic N) is 2. The van der Waals surface area contributed by atoms with Crippen molar-refractivity contribution in [2.75, 3.05) is 26.1 Å². The van der Waals surface area contributed by atoms with Crippen molar-refractivity contribution in [3.63, 3.8) is 0 Å². The molecule has 0 saturated heterocycles. The van der Waals surface area contributed by atoms with Gasteiger partial charge in [-0.1, -0.05) is 48.5 Å².